The molecule has 1 N–H and O–H groups in total. The second kappa shape index (κ2) is 4.96. The first-order valence-electron chi connectivity index (χ1n) is 6.33. The van der Waals surface area contributed by atoms with Crippen molar-refractivity contribution in [3.05, 3.63) is 0 Å². The van der Waals surface area contributed by atoms with Crippen molar-refractivity contribution in [3.8, 4) is 0 Å². The van der Waals surface area contributed by atoms with Gasteiger partial charge in [0, 0.05) is 18.6 Å². The molecule has 16 heavy (non-hydrogen) atoms. The van der Waals surface area contributed by atoms with Crippen LogP contribution in [0.4, 0.5) is 0 Å². The van der Waals surface area contributed by atoms with Crippen LogP contribution in [-0.4, -0.2) is 40.6 Å². The van der Waals surface area contributed by atoms with E-state index in [-0.39, 0.29) is 5.54 Å². The minimum absolute atomic E-state index is 0.129. The number of thioether (sulfide) groups is 1. The molecule has 2 fully saturated rings. The van der Waals surface area contributed by atoms with Crippen molar-refractivity contribution in [2.24, 2.45) is 0 Å². The summed E-state index contributed by atoms with van der Waals surface area (Å²) in [5, 5.41) is 4.00. The number of hydrogen-bond donors (Lipinski definition) is 1. The normalized spacial score (nSPS) is 34.2. The number of unbranched alkanes of at least 4 members (excludes halogenated alkanes) is 2. The van der Waals surface area contributed by atoms with Gasteiger partial charge >= 0.3 is 0 Å². The highest BCUT2D eigenvalue weighted by atomic mass is 32.2. The van der Waals surface area contributed by atoms with Crippen LogP contribution in [0.15, 0.2) is 0 Å². The average Bonchev–Trinajstić information content (AvgIpc) is 2.63. The molecule has 2 aliphatic heterocycles. The van der Waals surface area contributed by atoms with Gasteiger partial charge in [0.1, 0.15) is 0 Å². The van der Waals surface area contributed by atoms with Gasteiger partial charge in [0.25, 0.3) is 0 Å². The fourth-order valence-electron chi connectivity index (χ4n) is 2.73. The van der Waals surface area contributed by atoms with Gasteiger partial charge in [0.2, 0.25) is 5.91 Å². The van der Waals surface area contributed by atoms with E-state index in [4.69, 9.17) is 0 Å². The van der Waals surface area contributed by atoms with Crippen LogP contribution in [0.1, 0.15) is 39.5 Å². The number of carbonyl (C=O) groups is 1. The van der Waals surface area contributed by atoms with Crippen LogP contribution < -0.4 is 5.32 Å². The van der Waals surface area contributed by atoms with Crippen molar-refractivity contribution in [2.75, 3.05) is 18.8 Å². The largest absolute Gasteiger partial charge is 0.327 e. The molecule has 2 heterocycles. The molecule has 0 saturated carbocycles. The van der Waals surface area contributed by atoms with E-state index in [1.165, 1.54) is 25.7 Å². The number of fused-ring (bicyclic) bond motifs is 1. The van der Waals surface area contributed by atoms with Crippen molar-refractivity contribution < 1.29 is 4.79 Å². The zero-order valence-corrected chi connectivity index (χ0v) is 11.1. The minimum atomic E-state index is 0.129. The molecule has 2 atom stereocenters. The zero-order valence-electron chi connectivity index (χ0n) is 10.3. The number of nitrogens with zero attached hydrogens (tertiary/aromatic N) is 1. The van der Waals surface area contributed by atoms with E-state index in [1.54, 1.807) is 0 Å². The van der Waals surface area contributed by atoms with E-state index < -0.39 is 0 Å². The molecule has 4 heteroatoms. The van der Waals surface area contributed by atoms with Crippen molar-refractivity contribution in [1.82, 2.24) is 10.2 Å². The maximum atomic E-state index is 11.7. The highest BCUT2D eigenvalue weighted by Gasteiger charge is 2.46. The van der Waals surface area contributed by atoms with Gasteiger partial charge in [-0.2, -0.15) is 0 Å². The number of rotatable bonds is 4. The Kier molecular flexibility index (Phi) is 3.80. The lowest BCUT2D eigenvalue weighted by atomic mass is 9.91. The molecule has 2 unspecified atom stereocenters. The third kappa shape index (κ3) is 2.23. The van der Waals surface area contributed by atoms with Gasteiger partial charge in [0.15, 0.2) is 0 Å². The van der Waals surface area contributed by atoms with Gasteiger partial charge in [-0.25, -0.2) is 0 Å². The predicted octanol–water partition coefficient (Wildman–Crippen LogP) is 1.83. The van der Waals surface area contributed by atoms with Gasteiger partial charge in [-0.3, -0.25) is 4.79 Å². The summed E-state index contributed by atoms with van der Waals surface area (Å²) in [4.78, 5) is 13.8. The summed E-state index contributed by atoms with van der Waals surface area (Å²) >= 11 is 1.81. The monoisotopic (exact) mass is 242 g/mol. The second-order valence-corrected chi connectivity index (χ2v) is 6.12. The first kappa shape index (κ1) is 12.2. The molecule has 0 spiro atoms. The Morgan fingerprint density at radius 2 is 2.38 bits per heavy atom. The van der Waals surface area contributed by atoms with Crippen LogP contribution in [0.3, 0.4) is 0 Å². The summed E-state index contributed by atoms with van der Waals surface area (Å²) < 4.78 is 0. The van der Waals surface area contributed by atoms with Crippen molar-refractivity contribution in [2.45, 2.75) is 50.4 Å². The van der Waals surface area contributed by atoms with Gasteiger partial charge < -0.3 is 10.2 Å². The van der Waals surface area contributed by atoms with Crippen LogP contribution >= 0.6 is 11.8 Å². The number of amides is 1. The lowest BCUT2D eigenvalue weighted by Gasteiger charge is -2.45. The third-order valence-electron chi connectivity index (χ3n) is 3.69. The van der Waals surface area contributed by atoms with E-state index in [1.807, 2.05) is 11.8 Å². The van der Waals surface area contributed by atoms with Crippen LogP contribution in [0.25, 0.3) is 0 Å². The first-order valence-corrected chi connectivity index (χ1v) is 7.38. The SMILES string of the molecule is CCCCCC1(C)NCCN2C(=O)CSC21. The molecule has 0 bridgehead atoms. The maximum absolute atomic E-state index is 11.7. The third-order valence-corrected chi connectivity index (χ3v) is 5.20. The average molecular weight is 242 g/mol. The molecule has 0 aromatic carbocycles. The Morgan fingerprint density at radius 3 is 3.12 bits per heavy atom. The van der Waals surface area contributed by atoms with Crippen LogP contribution in [0.2, 0.25) is 0 Å². The van der Waals surface area contributed by atoms with E-state index in [0.717, 1.165) is 13.1 Å². The van der Waals surface area contributed by atoms with Gasteiger partial charge in [-0.1, -0.05) is 26.2 Å². The molecule has 0 aliphatic carbocycles. The highest BCUT2D eigenvalue weighted by Crippen LogP contribution is 2.37. The van der Waals surface area contributed by atoms with Crippen LogP contribution in [-0.2, 0) is 4.79 Å². The number of nitrogens with one attached hydrogen (secondary N) is 1. The molecule has 0 aromatic heterocycles. The second-order valence-electron chi connectivity index (χ2n) is 5.05. The molecule has 2 saturated heterocycles. The lowest BCUT2D eigenvalue weighted by Crippen LogP contribution is -2.63. The van der Waals surface area contributed by atoms with E-state index in [2.05, 4.69) is 24.1 Å². The van der Waals surface area contributed by atoms with Crippen LogP contribution in [0, 0.1) is 0 Å². The van der Waals surface area contributed by atoms with E-state index in [9.17, 15) is 4.79 Å². The van der Waals surface area contributed by atoms with Crippen molar-refractivity contribution in [3.63, 3.8) is 0 Å². The molecule has 1 amide bonds. The summed E-state index contributed by atoms with van der Waals surface area (Å²) in [5.74, 6) is 1.01. The fraction of sp³-hybridized carbons (Fsp3) is 0.917. The molecular formula is C12H22N2OS. The standard InChI is InChI=1S/C12H22N2OS/c1-3-4-5-6-12(2)11-14(8-7-13-12)10(15)9-16-11/h11,13H,3-9H2,1-2H3. The molecule has 2 rings (SSSR count). The van der Waals surface area contributed by atoms with E-state index >= 15 is 0 Å². The minimum Gasteiger partial charge on any atom is -0.327 e. The first-order chi connectivity index (χ1) is 7.67. The van der Waals surface area contributed by atoms with Gasteiger partial charge in [0.05, 0.1) is 11.1 Å². The van der Waals surface area contributed by atoms with Gasteiger partial charge in [-0.05, 0) is 13.3 Å². The van der Waals surface area contributed by atoms with Crippen LogP contribution in [0.5, 0.6) is 0 Å². The number of carbonyl (C=O) groups excluding carboxylic acids is 1. The molecule has 3 nitrogen and oxygen atoms in total. The van der Waals surface area contributed by atoms with Gasteiger partial charge in [-0.15, -0.1) is 11.8 Å². The Bertz CT molecular complexity index is 272. The molecule has 2 aliphatic rings. The summed E-state index contributed by atoms with van der Waals surface area (Å²) in [6.45, 7) is 6.35. The maximum Gasteiger partial charge on any atom is 0.233 e. The predicted molar refractivity (Wildman–Crippen MR) is 68.5 cm³/mol. The molecule has 0 aromatic rings. The zero-order chi connectivity index (χ0) is 11.6. The smallest absolute Gasteiger partial charge is 0.233 e. The Labute approximate surface area is 102 Å². The Hall–Kier alpha value is -0.220. The summed E-state index contributed by atoms with van der Waals surface area (Å²) in [6.07, 6.45) is 5.00. The Balaban J connectivity index is 1.99. The molecule has 0 radical (unpaired) electrons. The van der Waals surface area contributed by atoms with E-state index in [0.29, 0.717) is 17.0 Å². The lowest BCUT2D eigenvalue weighted by molar-refractivity contribution is -0.130. The Morgan fingerprint density at radius 1 is 1.56 bits per heavy atom. The topological polar surface area (TPSA) is 32.3 Å². The number of hydrogen-bond acceptors (Lipinski definition) is 3. The molecular weight excluding hydrogens is 220 g/mol. The highest BCUT2D eigenvalue weighted by molar-refractivity contribution is 8.01. The summed E-state index contributed by atoms with van der Waals surface area (Å²) in [6, 6.07) is 0. The fourth-order valence-corrected chi connectivity index (χ4v) is 4.17. The van der Waals surface area contributed by atoms with Crippen molar-refractivity contribution in [1.29, 1.82) is 0 Å². The number of piperazine rings is 1. The molecule has 92 valence electrons. The van der Waals surface area contributed by atoms with Crippen molar-refractivity contribution >= 4 is 17.7 Å². The summed E-state index contributed by atoms with van der Waals surface area (Å²) in [7, 11) is 0. The quantitative estimate of drug-likeness (QED) is 0.763. The summed E-state index contributed by atoms with van der Waals surface area (Å²) in [5.41, 5.74) is 0.129.